The number of alkyl halides is 1. The van der Waals surface area contributed by atoms with E-state index in [4.69, 9.17) is 5.73 Å². The fourth-order valence-electron chi connectivity index (χ4n) is 0.842. The zero-order valence-corrected chi connectivity index (χ0v) is 9.42. The molecule has 0 fully saturated rings. The molecule has 80 valence electrons. The van der Waals surface area contributed by atoms with Gasteiger partial charge in [-0.3, -0.25) is 4.39 Å². The van der Waals surface area contributed by atoms with E-state index in [1.54, 1.807) is 0 Å². The van der Waals surface area contributed by atoms with Gasteiger partial charge in [-0.25, -0.2) is 0 Å². The Labute approximate surface area is 86.4 Å². The third-order valence-corrected chi connectivity index (χ3v) is 1.34. The third-order valence-electron chi connectivity index (χ3n) is 1.34. The number of rotatable bonds is 1. The van der Waals surface area contributed by atoms with Crippen LogP contribution >= 0.6 is 0 Å². The first-order chi connectivity index (χ1) is 6.84. The minimum atomic E-state index is 0.500. The zero-order valence-electron chi connectivity index (χ0n) is 9.42. The predicted molar refractivity (Wildman–Crippen MR) is 63.9 cm³/mol. The van der Waals surface area contributed by atoms with Crippen molar-refractivity contribution in [3.8, 4) is 0 Å². The van der Waals surface area contributed by atoms with Crippen molar-refractivity contribution in [3.05, 3.63) is 35.9 Å². The molecular formula is C12H20FN. The molecule has 0 amide bonds. The molecular weight excluding hydrogens is 177 g/mol. The monoisotopic (exact) mass is 197 g/mol. The Morgan fingerprint density at radius 1 is 1.14 bits per heavy atom. The standard InChI is InChI=1S/C9H11N.C2H6.CH3F/c1-2-5-8-6-3-4-7-9(8)10;2*1-2/h2-7H,10H2,1H3;1-2H3;1H3/b5-2-;;. The smallest absolute Gasteiger partial charge is 0.0785 e. The van der Waals surface area contributed by atoms with E-state index < -0.39 is 0 Å². The molecule has 0 unspecified atom stereocenters. The Bertz CT molecular complexity index is 244. The van der Waals surface area contributed by atoms with Crippen LogP contribution < -0.4 is 5.73 Å². The van der Waals surface area contributed by atoms with Gasteiger partial charge in [0.15, 0.2) is 0 Å². The van der Waals surface area contributed by atoms with Crippen molar-refractivity contribution in [1.29, 1.82) is 0 Å². The summed E-state index contributed by atoms with van der Waals surface area (Å²) in [7, 11) is 0.500. The predicted octanol–water partition coefficient (Wildman–Crippen LogP) is 3.91. The fourth-order valence-corrected chi connectivity index (χ4v) is 0.842. The Morgan fingerprint density at radius 3 is 2.07 bits per heavy atom. The van der Waals surface area contributed by atoms with Gasteiger partial charge < -0.3 is 5.73 Å². The van der Waals surface area contributed by atoms with Crippen LogP contribution in [-0.4, -0.2) is 7.18 Å². The number of benzene rings is 1. The van der Waals surface area contributed by atoms with Crippen LogP contribution in [-0.2, 0) is 0 Å². The van der Waals surface area contributed by atoms with Crippen molar-refractivity contribution in [1.82, 2.24) is 0 Å². The van der Waals surface area contributed by atoms with Gasteiger partial charge in [0.1, 0.15) is 0 Å². The SMILES string of the molecule is C/C=C\c1ccccc1N.CC.CF. The first kappa shape index (κ1) is 15.2. The van der Waals surface area contributed by atoms with Gasteiger partial charge in [-0.15, -0.1) is 0 Å². The highest BCUT2D eigenvalue weighted by Gasteiger charge is 1.88. The summed E-state index contributed by atoms with van der Waals surface area (Å²) in [6.07, 6.45) is 3.97. The third kappa shape index (κ3) is 6.23. The molecule has 1 rings (SSSR count). The second-order valence-corrected chi connectivity index (χ2v) is 2.13. The maximum atomic E-state index is 9.50. The van der Waals surface area contributed by atoms with Crippen LogP contribution in [0.2, 0.25) is 0 Å². The Kier molecular flexibility index (Phi) is 12.7. The summed E-state index contributed by atoms with van der Waals surface area (Å²) in [6.45, 7) is 5.98. The lowest BCUT2D eigenvalue weighted by Crippen LogP contribution is -1.86. The molecule has 2 N–H and O–H groups in total. The van der Waals surface area contributed by atoms with Gasteiger partial charge in [0.25, 0.3) is 0 Å². The van der Waals surface area contributed by atoms with Crippen LogP contribution in [0.15, 0.2) is 30.3 Å². The van der Waals surface area contributed by atoms with Crippen molar-refractivity contribution >= 4 is 11.8 Å². The van der Waals surface area contributed by atoms with Crippen molar-refractivity contribution in [2.75, 3.05) is 12.9 Å². The summed E-state index contributed by atoms with van der Waals surface area (Å²) in [5, 5.41) is 0. The van der Waals surface area contributed by atoms with E-state index in [-0.39, 0.29) is 0 Å². The molecule has 0 spiro atoms. The summed E-state index contributed by atoms with van der Waals surface area (Å²) in [5.74, 6) is 0. The van der Waals surface area contributed by atoms with Gasteiger partial charge >= 0.3 is 0 Å². The molecule has 14 heavy (non-hydrogen) atoms. The van der Waals surface area contributed by atoms with Gasteiger partial charge in [0, 0.05) is 5.69 Å². The summed E-state index contributed by atoms with van der Waals surface area (Å²) in [5.41, 5.74) is 7.58. The summed E-state index contributed by atoms with van der Waals surface area (Å²) in [4.78, 5) is 0. The zero-order chi connectivity index (χ0) is 11.4. The van der Waals surface area contributed by atoms with Gasteiger partial charge in [0.2, 0.25) is 0 Å². The number of halogens is 1. The van der Waals surface area contributed by atoms with E-state index in [0.29, 0.717) is 7.18 Å². The molecule has 0 heterocycles. The molecule has 0 aromatic heterocycles. The molecule has 0 aliphatic heterocycles. The molecule has 1 aromatic rings. The number of hydrogen-bond acceptors (Lipinski definition) is 1. The normalized spacial score (nSPS) is 8.36. The summed E-state index contributed by atoms with van der Waals surface area (Å²) >= 11 is 0. The molecule has 0 atom stereocenters. The van der Waals surface area contributed by atoms with Crippen molar-refractivity contribution in [2.24, 2.45) is 0 Å². The van der Waals surface area contributed by atoms with Gasteiger partial charge in [0.05, 0.1) is 7.18 Å². The molecule has 1 aromatic carbocycles. The van der Waals surface area contributed by atoms with Gasteiger partial charge in [-0.05, 0) is 18.6 Å². The minimum absolute atomic E-state index is 0.500. The molecule has 0 aliphatic rings. The van der Waals surface area contributed by atoms with Crippen LogP contribution in [0.3, 0.4) is 0 Å². The van der Waals surface area contributed by atoms with E-state index >= 15 is 0 Å². The second kappa shape index (κ2) is 11.7. The van der Waals surface area contributed by atoms with Crippen LogP contribution in [0, 0.1) is 0 Å². The Hall–Kier alpha value is -1.31. The topological polar surface area (TPSA) is 26.0 Å². The highest BCUT2D eigenvalue weighted by molar-refractivity contribution is 5.63. The molecule has 0 saturated carbocycles. The van der Waals surface area contributed by atoms with Crippen LogP contribution in [0.5, 0.6) is 0 Å². The highest BCUT2D eigenvalue weighted by atomic mass is 19.1. The van der Waals surface area contributed by atoms with E-state index in [1.807, 2.05) is 57.2 Å². The number of nitrogens with two attached hydrogens (primary N) is 1. The lowest BCUT2D eigenvalue weighted by atomic mass is 10.2. The number of para-hydroxylation sites is 1. The van der Waals surface area contributed by atoms with Gasteiger partial charge in [-0.2, -0.15) is 0 Å². The highest BCUT2D eigenvalue weighted by Crippen LogP contribution is 2.11. The minimum Gasteiger partial charge on any atom is -0.398 e. The Morgan fingerprint density at radius 2 is 1.64 bits per heavy atom. The average Bonchev–Trinajstić information content (AvgIpc) is 2.28. The summed E-state index contributed by atoms with van der Waals surface area (Å²) < 4.78 is 9.50. The Balaban J connectivity index is 0. The quantitative estimate of drug-likeness (QED) is 0.678. The van der Waals surface area contributed by atoms with E-state index in [2.05, 4.69) is 0 Å². The molecule has 2 heteroatoms. The lowest BCUT2D eigenvalue weighted by Gasteiger charge is -1.96. The molecule has 0 aliphatic carbocycles. The van der Waals surface area contributed by atoms with E-state index in [1.165, 1.54) is 0 Å². The van der Waals surface area contributed by atoms with E-state index in [0.717, 1.165) is 11.3 Å². The largest absolute Gasteiger partial charge is 0.398 e. The average molecular weight is 197 g/mol. The molecule has 0 radical (unpaired) electrons. The first-order valence-electron chi connectivity index (χ1n) is 4.69. The maximum absolute atomic E-state index is 9.50. The number of allylic oxidation sites excluding steroid dienone is 1. The fraction of sp³-hybridized carbons (Fsp3) is 0.333. The number of anilines is 1. The maximum Gasteiger partial charge on any atom is 0.0785 e. The second-order valence-electron chi connectivity index (χ2n) is 2.13. The number of hydrogen-bond donors (Lipinski definition) is 1. The summed E-state index contributed by atoms with van der Waals surface area (Å²) in [6, 6.07) is 7.80. The molecule has 0 bridgehead atoms. The molecule has 1 nitrogen and oxygen atoms in total. The van der Waals surface area contributed by atoms with Gasteiger partial charge in [-0.1, -0.05) is 44.2 Å². The lowest BCUT2D eigenvalue weighted by molar-refractivity contribution is 0.636. The van der Waals surface area contributed by atoms with Crippen LogP contribution in [0.4, 0.5) is 10.1 Å². The molecule has 0 saturated heterocycles. The van der Waals surface area contributed by atoms with Crippen LogP contribution in [0.1, 0.15) is 26.3 Å². The van der Waals surface area contributed by atoms with Crippen molar-refractivity contribution in [3.63, 3.8) is 0 Å². The first-order valence-corrected chi connectivity index (χ1v) is 4.69. The number of nitrogen functional groups attached to an aromatic ring is 1. The van der Waals surface area contributed by atoms with Crippen molar-refractivity contribution < 1.29 is 4.39 Å². The van der Waals surface area contributed by atoms with Crippen molar-refractivity contribution in [2.45, 2.75) is 20.8 Å². The van der Waals surface area contributed by atoms with Crippen LogP contribution in [0.25, 0.3) is 6.08 Å². The van der Waals surface area contributed by atoms with E-state index in [9.17, 15) is 4.39 Å².